The summed E-state index contributed by atoms with van der Waals surface area (Å²) in [6, 6.07) is 26.0. The first-order valence-electron chi connectivity index (χ1n) is 10.3. The van der Waals surface area contributed by atoms with Gasteiger partial charge in [-0.3, -0.25) is 4.79 Å². The Morgan fingerprint density at radius 3 is 2.62 bits per heavy atom. The van der Waals surface area contributed by atoms with Gasteiger partial charge in [0.15, 0.2) is 0 Å². The van der Waals surface area contributed by atoms with E-state index in [0.717, 1.165) is 32.1 Å². The molecule has 2 nitrogen and oxygen atoms in total. The first-order chi connectivity index (χ1) is 13.7. The molecule has 1 N–H and O–H groups in total. The molecule has 0 bridgehead atoms. The molecule has 4 rings (SSSR count). The number of aliphatic hydroxyl groups is 1. The second-order valence-corrected chi connectivity index (χ2v) is 7.99. The second kappa shape index (κ2) is 10.6. The average Bonchev–Trinajstić information content (AvgIpc) is 2.99. The SMILES string of the molecule is O=C1CC(O)[C@H](CCCc2c[c-]ccc2)[C@H]1CCc1cccc2ccccc12.[Y]. The zero-order valence-electron chi connectivity index (χ0n) is 16.8. The maximum Gasteiger partial charge on any atom is 0.138 e. The van der Waals surface area contributed by atoms with E-state index in [2.05, 4.69) is 54.6 Å². The first kappa shape index (κ1) is 22.3. The molecule has 147 valence electrons. The van der Waals surface area contributed by atoms with Gasteiger partial charge in [-0.25, -0.2) is 0 Å². The summed E-state index contributed by atoms with van der Waals surface area (Å²) in [5.41, 5.74) is 2.57. The summed E-state index contributed by atoms with van der Waals surface area (Å²) >= 11 is 0. The predicted molar refractivity (Wildman–Crippen MR) is 113 cm³/mol. The van der Waals surface area contributed by atoms with Crippen LogP contribution in [-0.4, -0.2) is 17.0 Å². The van der Waals surface area contributed by atoms with Crippen molar-refractivity contribution in [3.05, 3.63) is 83.9 Å². The third-order valence-electron chi connectivity index (χ3n) is 6.21. The fourth-order valence-corrected chi connectivity index (χ4v) is 4.73. The molecule has 0 aromatic heterocycles. The normalized spacial score (nSPS) is 21.3. The van der Waals surface area contributed by atoms with Crippen molar-refractivity contribution in [3.8, 4) is 0 Å². The smallest absolute Gasteiger partial charge is 0.138 e. The Bertz CT molecular complexity index is 932. The van der Waals surface area contributed by atoms with Crippen LogP contribution in [0.1, 0.15) is 36.8 Å². The van der Waals surface area contributed by atoms with Crippen LogP contribution in [0.3, 0.4) is 0 Å². The number of rotatable bonds is 7. The third-order valence-corrected chi connectivity index (χ3v) is 6.21. The molecule has 0 spiro atoms. The summed E-state index contributed by atoms with van der Waals surface area (Å²) in [5.74, 6) is 0.317. The Hall–Kier alpha value is -1.35. The van der Waals surface area contributed by atoms with Gasteiger partial charge in [0, 0.05) is 45.0 Å². The Labute approximate surface area is 198 Å². The minimum Gasteiger partial charge on any atom is -0.392 e. The molecule has 3 heteroatoms. The number of carbonyl (C=O) groups excluding carboxylic acids is 1. The van der Waals surface area contributed by atoms with E-state index in [1.54, 1.807) is 0 Å². The van der Waals surface area contributed by atoms with E-state index in [1.807, 2.05) is 18.2 Å². The van der Waals surface area contributed by atoms with Crippen molar-refractivity contribution in [2.24, 2.45) is 11.8 Å². The topological polar surface area (TPSA) is 37.3 Å². The molecule has 1 unspecified atom stereocenters. The van der Waals surface area contributed by atoms with E-state index in [9.17, 15) is 9.90 Å². The van der Waals surface area contributed by atoms with Gasteiger partial charge in [0.05, 0.1) is 6.10 Å². The molecule has 3 aromatic carbocycles. The van der Waals surface area contributed by atoms with E-state index >= 15 is 0 Å². The number of Topliss-reactive ketones (excluding diaryl/α,β-unsaturated/α-hetero) is 1. The van der Waals surface area contributed by atoms with E-state index in [0.29, 0.717) is 6.42 Å². The molecule has 29 heavy (non-hydrogen) atoms. The van der Waals surface area contributed by atoms with Gasteiger partial charge < -0.3 is 5.11 Å². The van der Waals surface area contributed by atoms with Crippen molar-refractivity contribution in [2.75, 3.05) is 0 Å². The molecule has 0 heterocycles. The van der Waals surface area contributed by atoms with Crippen LogP contribution in [0, 0.1) is 17.9 Å². The fourth-order valence-electron chi connectivity index (χ4n) is 4.73. The van der Waals surface area contributed by atoms with Crippen molar-refractivity contribution in [2.45, 2.75) is 44.6 Å². The van der Waals surface area contributed by atoms with E-state index in [1.165, 1.54) is 21.9 Å². The summed E-state index contributed by atoms with van der Waals surface area (Å²) < 4.78 is 0. The van der Waals surface area contributed by atoms with Crippen LogP contribution in [-0.2, 0) is 50.3 Å². The molecule has 0 amide bonds. The average molecular weight is 460 g/mol. The van der Waals surface area contributed by atoms with E-state index in [-0.39, 0.29) is 50.3 Å². The zero-order chi connectivity index (χ0) is 19.3. The van der Waals surface area contributed by atoms with Gasteiger partial charge in [-0.2, -0.15) is 35.9 Å². The predicted octanol–water partition coefficient (Wildman–Crippen LogP) is 5.16. The number of hydrogen-bond acceptors (Lipinski definition) is 2. The van der Waals surface area contributed by atoms with Crippen molar-refractivity contribution >= 4 is 16.6 Å². The van der Waals surface area contributed by atoms with E-state index < -0.39 is 6.10 Å². The van der Waals surface area contributed by atoms with Gasteiger partial charge in [-0.05, 0) is 41.5 Å². The van der Waals surface area contributed by atoms with Crippen molar-refractivity contribution < 1.29 is 42.6 Å². The Kier molecular flexibility index (Phi) is 8.18. The molecule has 1 fully saturated rings. The van der Waals surface area contributed by atoms with Gasteiger partial charge in [-0.15, -0.1) is 0 Å². The molecule has 3 atom stereocenters. The monoisotopic (exact) mass is 460 g/mol. The summed E-state index contributed by atoms with van der Waals surface area (Å²) in [6.07, 6.45) is 4.43. The number of aryl methyl sites for hydroxylation is 2. The molecule has 1 saturated carbocycles. The number of ketones is 1. The van der Waals surface area contributed by atoms with Gasteiger partial charge >= 0.3 is 0 Å². The van der Waals surface area contributed by atoms with Crippen LogP contribution in [0.15, 0.2) is 66.7 Å². The van der Waals surface area contributed by atoms with Crippen molar-refractivity contribution in [1.29, 1.82) is 0 Å². The number of benzene rings is 3. The summed E-state index contributed by atoms with van der Waals surface area (Å²) in [6.45, 7) is 0. The van der Waals surface area contributed by atoms with Crippen LogP contribution in [0.25, 0.3) is 10.8 Å². The standard InChI is InChI=1S/C26H27O2.Y/c27-25-18-26(28)24(23(25)15-6-10-19-8-2-1-3-9-19)17-16-21-13-7-12-20-11-4-5-14-22(20)21;/h1-2,4-5,7-9,11-14,23-25,27H,6,10,15-18H2;/q-1;/t23-,24-,25?;/m1./s1. The number of aliphatic hydroxyl groups excluding tert-OH is 1. The fraction of sp³-hybridized carbons (Fsp3) is 0.346. The van der Waals surface area contributed by atoms with E-state index in [4.69, 9.17) is 0 Å². The molecular formula is C26H27O2Y-. The Balaban J connectivity index is 0.00000240. The van der Waals surface area contributed by atoms with Crippen LogP contribution in [0.2, 0.25) is 0 Å². The zero-order valence-corrected chi connectivity index (χ0v) is 19.6. The summed E-state index contributed by atoms with van der Waals surface area (Å²) in [7, 11) is 0. The van der Waals surface area contributed by atoms with Crippen molar-refractivity contribution in [3.63, 3.8) is 0 Å². The molecule has 1 aliphatic rings. The first-order valence-corrected chi connectivity index (χ1v) is 10.3. The quantitative estimate of drug-likeness (QED) is 0.495. The maximum atomic E-state index is 12.5. The van der Waals surface area contributed by atoms with Crippen LogP contribution in [0.5, 0.6) is 0 Å². The van der Waals surface area contributed by atoms with Gasteiger partial charge in [0.25, 0.3) is 0 Å². The third kappa shape index (κ3) is 5.42. The minimum atomic E-state index is -0.479. The van der Waals surface area contributed by atoms with Gasteiger partial charge in [0.2, 0.25) is 0 Å². The molecule has 0 aliphatic heterocycles. The summed E-state index contributed by atoms with van der Waals surface area (Å²) in [5, 5.41) is 13.0. The maximum absolute atomic E-state index is 12.5. The molecule has 1 radical (unpaired) electrons. The Morgan fingerprint density at radius 2 is 1.79 bits per heavy atom. The number of fused-ring (bicyclic) bond motifs is 1. The second-order valence-electron chi connectivity index (χ2n) is 7.99. The summed E-state index contributed by atoms with van der Waals surface area (Å²) in [4.78, 5) is 12.5. The van der Waals surface area contributed by atoms with Gasteiger partial charge in [0.1, 0.15) is 5.78 Å². The molecular weight excluding hydrogens is 433 g/mol. The molecule has 1 aliphatic carbocycles. The number of carbonyl (C=O) groups is 1. The Morgan fingerprint density at radius 1 is 0.966 bits per heavy atom. The van der Waals surface area contributed by atoms with Crippen LogP contribution < -0.4 is 0 Å². The number of hydrogen-bond donors (Lipinski definition) is 1. The molecule has 3 aromatic rings. The largest absolute Gasteiger partial charge is 0.392 e. The minimum absolute atomic E-state index is 0. The van der Waals surface area contributed by atoms with Crippen LogP contribution >= 0.6 is 0 Å². The van der Waals surface area contributed by atoms with Crippen LogP contribution in [0.4, 0.5) is 0 Å². The van der Waals surface area contributed by atoms with Gasteiger partial charge in [-0.1, -0.05) is 55.3 Å². The van der Waals surface area contributed by atoms with Crippen molar-refractivity contribution in [1.82, 2.24) is 0 Å². The molecule has 0 saturated heterocycles.